The molecule has 0 saturated heterocycles. The lowest BCUT2D eigenvalue weighted by atomic mass is 10.0. The number of nitrogens with one attached hydrogen (secondary N) is 1. The van der Waals surface area contributed by atoms with E-state index in [1.165, 1.54) is 0 Å². The summed E-state index contributed by atoms with van der Waals surface area (Å²) in [6, 6.07) is 0.919. The van der Waals surface area contributed by atoms with Crippen LogP contribution in [0.3, 0.4) is 0 Å². The van der Waals surface area contributed by atoms with Gasteiger partial charge < -0.3 is 5.11 Å². The summed E-state index contributed by atoms with van der Waals surface area (Å²) in [6.07, 6.45) is 3.32. The van der Waals surface area contributed by atoms with E-state index in [4.69, 9.17) is 5.11 Å². The maximum Gasteiger partial charge on any atom is 0.242 e. The van der Waals surface area contributed by atoms with Gasteiger partial charge in [-0.3, -0.25) is 4.98 Å². The molecule has 0 saturated carbocycles. The summed E-state index contributed by atoms with van der Waals surface area (Å²) in [5.41, 5.74) is 0. The van der Waals surface area contributed by atoms with Gasteiger partial charge in [0.15, 0.2) is 0 Å². The van der Waals surface area contributed by atoms with Crippen LogP contribution >= 0.6 is 0 Å². The predicted octanol–water partition coefficient (Wildman–Crippen LogP) is 0.908. The number of aromatic nitrogens is 1. The van der Waals surface area contributed by atoms with Gasteiger partial charge in [0.05, 0.1) is 6.20 Å². The van der Waals surface area contributed by atoms with Crippen LogP contribution in [0, 0.1) is 11.7 Å². The zero-order chi connectivity index (χ0) is 13.6. The zero-order valence-corrected chi connectivity index (χ0v) is 11.0. The van der Waals surface area contributed by atoms with Crippen molar-refractivity contribution in [2.75, 3.05) is 13.2 Å². The standard InChI is InChI=1S/C11H17FN2O3S/c1-2-9(3-4-15)6-14-18(16,17)11-5-10(12)7-13-8-11/h5,7-9,14-15H,2-4,6H2,1H3. The van der Waals surface area contributed by atoms with Gasteiger partial charge in [-0.2, -0.15) is 0 Å². The summed E-state index contributed by atoms with van der Waals surface area (Å²) in [6.45, 7) is 2.15. The first kappa shape index (κ1) is 15.0. The molecule has 0 aromatic carbocycles. The molecule has 1 atom stereocenters. The lowest BCUT2D eigenvalue weighted by molar-refractivity contribution is 0.254. The Hall–Kier alpha value is -1.05. The maximum atomic E-state index is 12.9. The summed E-state index contributed by atoms with van der Waals surface area (Å²) in [4.78, 5) is 3.31. The van der Waals surface area contributed by atoms with Gasteiger partial charge in [0.2, 0.25) is 10.0 Å². The Morgan fingerprint density at radius 1 is 1.50 bits per heavy atom. The second kappa shape index (κ2) is 6.77. The highest BCUT2D eigenvalue weighted by Crippen LogP contribution is 2.11. The normalized spacial score (nSPS) is 13.5. The fourth-order valence-corrected chi connectivity index (χ4v) is 2.57. The second-order valence-corrected chi connectivity index (χ2v) is 5.74. The maximum absolute atomic E-state index is 12.9. The topological polar surface area (TPSA) is 79.3 Å². The van der Waals surface area contributed by atoms with E-state index in [0.717, 1.165) is 24.9 Å². The Morgan fingerprint density at radius 2 is 2.22 bits per heavy atom. The van der Waals surface area contributed by atoms with Crippen molar-refractivity contribution >= 4 is 10.0 Å². The number of hydrogen-bond acceptors (Lipinski definition) is 4. The van der Waals surface area contributed by atoms with Gasteiger partial charge >= 0.3 is 0 Å². The minimum absolute atomic E-state index is 0.0156. The zero-order valence-electron chi connectivity index (χ0n) is 10.1. The van der Waals surface area contributed by atoms with Gasteiger partial charge in [-0.1, -0.05) is 13.3 Å². The van der Waals surface area contributed by atoms with Crippen molar-refractivity contribution in [3.8, 4) is 0 Å². The molecule has 0 aliphatic heterocycles. The third-order valence-corrected chi connectivity index (χ3v) is 4.06. The fourth-order valence-electron chi connectivity index (χ4n) is 1.48. The van der Waals surface area contributed by atoms with Gasteiger partial charge in [-0.05, 0) is 18.4 Å². The quantitative estimate of drug-likeness (QED) is 0.775. The van der Waals surface area contributed by atoms with Crippen LogP contribution in [0.2, 0.25) is 0 Å². The minimum Gasteiger partial charge on any atom is -0.396 e. The van der Waals surface area contributed by atoms with Crippen LogP contribution in [0.5, 0.6) is 0 Å². The van der Waals surface area contributed by atoms with Crippen molar-refractivity contribution < 1.29 is 17.9 Å². The Bertz CT molecular complexity index is 479. The van der Waals surface area contributed by atoms with Gasteiger partial charge in [-0.25, -0.2) is 17.5 Å². The molecule has 1 unspecified atom stereocenters. The molecule has 0 spiro atoms. The number of rotatable bonds is 7. The van der Waals surface area contributed by atoms with Crippen molar-refractivity contribution in [1.29, 1.82) is 0 Å². The van der Waals surface area contributed by atoms with E-state index in [2.05, 4.69) is 9.71 Å². The molecule has 0 amide bonds. The third kappa shape index (κ3) is 4.32. The molecule has 18 heavy (non-hydrogen) atoms. The average Bonchev–Trinajstić information content (AvgIpc) is 2.34. The molecule has 7 heteroatoms. The first-order valence-electron chi connectivity index (χ1n) is 5.70. The van der Waals surface area contributed by atoms with Crippen molar-refractivity contribution in [2.45, 2.75) is 24.7 Å². The molecule has 0 radical (unpaired) electrons. The molecule has 1 heterocycles. The smallest absolute Gasteiger partial charge is 0.242 e. The molecular formula is C11H17FN2O3S. The molecule has 0 aliphatic carbocycles. The largest absolute Gasteiger partial charge is 0.396 e. The van der Waals surface area contributed by atoms with Gasteiger partial charge in [0.1, 0.15) is 10.7 Å². The van der Waals surface area contributed by atoms with Gasteiger partial charge in [-0.15, -0.1) is 0 Å². The van der Waals surface area contributed by atoms with Crippen LogP contribution in [0.15, 0.2) is 23.4 Å². The second-order valence-electron chi connectivity index (χ2n) is 3.98. The lowest BCUT2D eigenvalue weighted by Gasteiger charge is -2.14. The van der Waals surface area contributed by atoms with E-state index < -0.39 is 15.8 Å². The number of hydrogen-bond donors (Lipinski definition) is 2. The number of sulfonamides is 1. The van der Waals surface area contributed by atoms with Gasteiger partial charge in [0.25, 0.3) is 0 Å². The first-order valence-corrected chi connectivity index (χ1v) is 7.19. The van der Waals surface area contributed by atoms with E-state index in [1.54, 1.807) is 0 Å². The summed E-state index contributed by atoms with van der Waals surface area (Å²) in [5.74, 6) is -0.633. The molecule has 1 rings (SSSR count). The Labute approximate surface area is 106 Å². The van der Waals surface area contributed by atoms with Crippen molar-refractivity contribution in [3.63, 3.8) is 0 Å². The lowest BCUT2D eigenvalue weighted by Crippen LogP contribution is -2.29. The Kier molecular flexibility index (Phi) is 5.64. The summed E-state index contributed by atoms with van der Waals surface area (Å²) in [5, 5.41) is 8.81. The predicted molar refractivity (Wildman–Crippen MR) is 64.9 cm³/mol. The molecule has 0 fully saturated rings. The van der Waals surface area contributed by atoms with Crippen LogP contribution in [0.4, 0.5) is 4.39 Å². The van der Waals surface area contributed by atoms with E-state index in [1.807, 2.05) is 6.92 Å². The van der Waals surface area contributed by atoms with E-state index >= 15 is 0 Å². The highest BCUT2D eigenvalue weighted by Gasteiger charge is 2.17. The van der Waals surface area contributed by atoms with Crippen LogP contribution < -0.4 is 4.72 Å². The Balaban J connectivity index is 2.70. The molecule has 5 nitrogen and oxygen atoms in total. The SMILES string of the molecule is CCC(CCO)CNS(=O)(=O)c1cncc(F)c1. The van der Waals surface area contributed by atoms with Crippen LogP contribution in [-0.4, -0.2) is 31.7 Å². The number of aliphatic hydroxyl groups excluding tert-OH is 1. The van der Waals surface area contributed by atoms with Gasteiger partial charge in [0, 0.05) is 19.3 Å². The molecule has 1 aromatic heterocycles. The highest BCUT2D eigenvalue weighted by atomic mass is 32.2. The number of halogens is 1. The molecule has 0 aliphatic rings. The number of aliphatic hydroxyl groups is 1. The Morgan fingerprint density at radius 3 is 2.78 bits per heavy atom. The van der Waals surface area contributed by atoms with Crippen LogP contribution in [-0.2, 0) is 10.0 Å². The molecule has 1 aromatic rings. The summed E-state index contributed by atoms with van der Waals surface area (Å²) in [7, 11) is -3.74. The van der Waals surface area contributed by atoms with Crippen LogP contribution in [0.1, 0.15) is 19.8 Å². The number of pyridine rings is 1. The molecule has 2 N–H and O–H groups in total. The molecule has 102 valence electrons. The first-order chi connectivity index (χ1) is 8.49. The van der Waals surface area contributed by atoms with Crippen LogP contribution in [0.25, 0.3) is 0 Å². The van der Waals surface area contributed by atoms with E-state index in [0.29, 0.717) is 6.42 Å². The highest BCUT2D eigenvalue weighted by molar-refractivity contribution is 7.89. The average molecular weight is 276 g/mol. The molecular weight excluding hydrogens is 259 g/mol. The summed E-state index contributed by atoms with van der Waals surface area (Å²) < 4.78 is 38.9. The summed E-state index contributed by atoms with van der Waals surface area (Å²) >= 11 is 0. The van der Waals surface area contributed by atoms with Crippen molar-refractivity contribution in [3.05, 3.63) is 24.3 Å². The number of nitrogens with zero attached hydrogens (tertiary/aromatic N) is 1. The van der Waals surface area contributed by atoms with E-state index in [9.17, 15) is 12.8 Å². The van der Waals surface area contributed by atoms with Crippen molar-refractivity contribution in [2.24, 2.45) is 5.92 Å². The fraction of sp³-hybridized carbons (Fsp3) is 0.545. The minimum atomic E-state index is -3.74. The third-order valence-electron chi connectivity index (χ3n) is 2.67. The molecule has 0 bridgehead atoms. The van der Waals surface area contributed by atoms with Crippen molar-refractivity contribution in [1.82, 2.24) is 9.71 Å². The van der Waals surface area contributed by atoms with E-state index in [-0.39, 0.29) is 24.0 Å². The monoisotopic (exact) mass is 276 g/mol.